The maximum atomic E-state index is 12.1. The van der Waals surface area contributed by atoms with E-state index in [0.717, 1.165) is 27.9 Å². The molecule has 118 valence electrons. The van der Waals surface area contributed by atoms with Crippen LogP contribution in [0.1, 0.15) is 11.1 Å². The van der Waals surface area contributed by atoms with Gasteiger partial charge in [-0.25, -0.2) is 4.98 Å². The van der Waals surface area contributed by atoms with Crippen molar-refractivity contribution in [3.63, 3.8) is 0 Å². The highest BCUT2D eigenvalue weighted by Gasteiger charge is 2.06. The first-order valence-electron chi connectivity index (χ1n) is 7.45. The molecule has 1 N–H and O–H groups in total. The standard InChI is InChI=1S/C18H19N3O2/c1-21-12-20-16-9-14(5-8-17(16)21)10-18(22)19-11-13-3-6-15(23-2)7-4-13/h3-9,12H,10-11H2,1-2H3,(H,19,22). The Morgan fingerprint density at radius 3 is 2.65 bits per heavy atom. The van der Waals surface area contributed by atoms with Crippen molar-refractivity contribution in [1.82, 2.24) is 14.9 Å². The monoisotopic (exact) mass is 309 g/mol. The van der Waals surface area contributed by atoms with Gasteiger partial charge in [0.15, 0.2) is 0 Å². The van der Waals surface area contributed by atoms with Gasteiger partial charge in [0, 0.05) is 13.6 Å². The van der Waals surface area contributed by atoms with Crippen LogP contribution in [0.15, 0.2) is 48.8 Å². The second-order valence-corrected chi connectivity index (χ2v) is 5.48. The molecule has 3 rings (SSSR count). The van der Waals surface area contributed by atoms with Crippen molar-refractivity contribution in [2.75, 3.05) is 7.11 Å². The van der Waals surface area contributed by atoms with E-state index in [-0.39, 0.29) is 5.91 Å². The van der Waals surface area contributed by atoms with Gasteiger partial charge in [0.2, 0.25) is 5.91 Å². The highest BCUT2D eigenvalue weighted by atomic mass is 16.5. The summed E-state index contributed by atoms with van der Waals surface area (Å²) in [5, 5.41) is 2.93. The number of benzene rings is 2. The van der Waals surface area contributed by atoms with E-state index < -0.39 is 0 Å². The Kier molecular flexibility index (Phi) is 4.28. The van der Waals surface area contributed by atoms with E-state index in [4.69, 9.17) is 4.74 Å². The quantitative estimate of drug-likeness (QED) is 0.787. The molecule has 1 heterocycles. The second-order valence-electron chi connectivity index (χ2n) is 5.48. The molecule has 0 fully saturated rings. The number of nitrogens with one attached hydrogen (secondary N) is 1. The van der Waals surface area contributed by atoms with E-state index in [1.165, 1.54) is 0 Å². The zero-order valence-corrected chi connectivity index (χ0v) is 13.2. The van der Waals surface area contributed by atoms with E-state index in [0.29, 0.717) is 13.0 Å². The molecule has 5 heteroatoms. The number of aromatic nitrogens is 2. The van der Waals surface area contributed by atoms with Gasteiger partial charge in [-0.15, -0.1) is 0 Å². The van der Waals surface area contributed by atoms with Crippen molar-refractivity contribution in [3.05, 3.63) is 59.9 Å². The molecule has 0 bridgehead atoms. The summed E-state index contributed by atoms with van der Waals surface area (Å²) in [6, 6.07) is 13.6. The number of carbonyl (C=O) groups is 1. The minimum atomic E-state index is -0.00361. The van der Waals surface area contributed by atoms with Gasteiger partial charge in [-0.1, -0.05) is 18.2 Å². The molecule has 1 amide bonds. The number of amides is 1. The number of nitrogens with zero attached hydrogens (tertiary/aromatic N) is 2. The minimum Gasteiger partial charge on any atom is -0.497 e. The molecule has 5 nitrogen and oxygen atoms in total. The summed E-state index contributed by atoms with van der Waals surface area (Å²) in [5.74, 6) is 0.805. The molecule has 3 aromatic rings. The Bertz CT molecular complexity index is 822. The third kappa shape index (κ3) is 3.51. The summed E-state index contributed by atoms with van der Waals surface area (Å²) in [7, 11) is 3.59. The first kappa shape index (κ1) is 15.1. The molecule has 0 saturated heterocycles. The number of rotatable bonds is 5. The minimum absolute atomic E-state index is 0.00361. The molecule has 0 aliphatic carbocycles. The summed E-state index contributed by atoms with van der Waals surface area (Å²) in [6.45, 7) is 0.509. The normalized spacial score (nSPS) is 10.7. The molecule has 2 aromatic carbocycles. The number of hydrogen-bond acceptors (Lipinski definition) is 3. The van der Waals surface area contributed by atoms with Gasteiger partial charge in [-0.2, -0.15) is 0 Å². The fraction of sp³-hybridized carbons (Fsp3) is 0.222. The van der Waals surface area contributed by atoms with E-state index in [9.17, 15) is 4.79 Å². The average Bonchev–Trinajstić information content (AvgIpc) is 2.94. The smallest absolute Gasteiger partial charge is 0.224 e. The maximum absolute atomic E-state index is 12.1. The summed E-state index contributed by atoms with van der Waals surface area (Å²) >= 11 is 0. The fourth-order valence-corrected chi connectivity index (χ4v) is 2.48. The third-order valence-corrected chi connectivity index (χ3v) is 3.80. The van der Waals surface area contributed by atoms with Crippen LogP contribution in [0.2, 0.25) is 0 Å². The lowest BCUT2D eigenvalue weighted by atomic mass is 10.1. The van der Waals surface area contributed by atoms with Crippen LogP contribution < -0.4 is 10.1 Å². The van der Waals surface area contributed by atoms with Crippen LogP contribution in [-0.2, 0) is 24.8 Å². The second kappa shape index (κ2) is 6.52. The average molecular weight is 309 g/mol. The van der Waals surface area contributed by atoms with Crippen LogP contribution in [0.5, 0.6) is 5.75 Å². The first-order valence-corrected chi connectivity index (χ1v) is 7.45. The van der Waals surface area contributed by atoms with E-state index in [1.807, 2.05) is 54.1 Å². The molecule has 0 aliphatic rings. The molecular formula is C18H19N3O2. The van der Waals surface area contributed by atoms with Crippen LogP contribution in [0.25, 0.3) is 11.0 Å². The summed E-state index contributed by atoms with van der Waals surface area (Å²) in [5.41, 5.74) is 3.98. The zero-order valence-electron chi connectivity index (χ0n) is 13.2. The largest absolute Gasteiger partial charge is 0.497 e. The van der Waals surface area contributed by atoms with Crippen LogP contribution in [0, 0.1) is 0 Å². The molecule has 0 unspecified atom stereocenters. The Balaban J connectivity index is 1.59. The number of fused-ring (bicyclic) bond motifs is 1. The SMILES string of the molecule is COc1ccc(CNC(=O)Cc2ccc3c(c2)ncn3C)cc1. The summed E-state index contributed by atoms with van der Waals surface area (Å²) in [6.07, 6.45) is 2.13. The molecular weight excluding hydrogens is 290 g/mol. The number of hydrogen-bond donors (Lipinski definition) is 1. The van der Waals surface area contributed by atoms with Crippen LogP contribution in [0.3, 0.4) is 0 Å². The predicted octanol–water partition coefficient (Wildman–Crippen LogP) is 2.44. The van der Waals surface area contributed by atoms with Crippen molar-refractivity contribution in [2.24, 2.45) is 7.05 Å². The number of ether oxygens (including phenoxy) is 1. The Morgan fingerprint density at radius 1 is 1.17 bits per heavy atom. The van der Waals surface area contributed by atoms with Crippen molar-refractivity contribution in [2.45, 2.75) is 13.0 Å². The Morgan fingerprint density at radius 2 is 1.91 bits per heavy atom. The van der Waals surface area contributed by atoms with Gasteiger partial charge in [0.25, 0.3) is 0 Å². The van der Waals surface area contributed by atoms with Gasteiger partial charge in [-0.3, -0.25) is 4.79 Å². The number of carbonyl (C=O) groups excluding carboxylic acids is 1. The third-order valence-electron chi connectivity index (χ3n) is 3.80. The van der Waals surface area contributed by atoms with Crippen molar-refractivity contribution < 1.29 is 9.53 Å². The molecule has 0 spiro atoms. The first-order chi connectivity index (χ1) is 11.2. The van der Waals surface area contributed by atoms with E-state index >= 15 is 0 Å². The lowest BCUT2D eigenvalue weighted by molar-refractivity contribution is -0.120. The summed E-state index contributed by atoms with van der Waals surface area (Å²) in [4.78, 5) is 16.4. The molecule has 0 aliphatic heterocycles. The lowest BCUT2D eigenvalue weighted by Gasteiger charge is -2.07. The van der Waals surface area contributed by atoms with Crippen LogP contribution in [0.4, 0.5) is 0 Å². The molecule has 0 saturated carbocycles. The van der Waals surface area contributed by atoms with E-state index in [1.54, 1.807) is 13.4 Å². The van der Waals surface area contributed by atoms with Gasteiger partial charge < -0.3 is 14.6 Å². The summed E-state index contributed by atoms with van der Waals surface area (Å²) < 4.78 is 7.08. The zero-order chi connectivity index (χ0) is 16.2. The number of imidazole rings is 1. The van der Waals surface area contributed by atoms with Crippen molar-refractivity contribution in [1.29, 1.82) is 0 Å². The number of methoxy groups -OCH3 is 1. The lowest BCUT2D eigenvalue weighted by Crippen LogP contribution is -2.24. The highest BCUT2D eigenvalue weighted by molar-refractivity contribution is 5.81. The molecule has 1 aromatic heterocycles. The Hall–Kier alpha value is -2.82. The molecule has 0 atom stereocenters. The van der Waals surface area contributed by atoms with Crippen LogP contribution in [-0.4, -0.2) is 22.6 Å². The number of aryl methyl sites for hydroxylation is 1. The van der Waals surface area contributed by atoms with Gasteiger partial charge in [0.1, 0.15) is 5.75 Å². The topological polar surface area (TPSA) is 56.1 Å². The van der Waals surface area contributed by atoms with Gasteiger partial charge >= 0.3 is 0 Å². The Labute approximate surface area is 134 Å². The van der Waals surface area contributed by atoms with Gasteiger partial charge in [-0.05, 0) is 35.4 Å². The molecule has 0 radical (unpaired) electrons. The maximum Gasteiger partial charge on any atom is 0.224 e. The highest BCUT2D eigenvalue weighted by Crippen LogP contribution is 2.14. The van der Waals surface area contributed by atoms with E-state index in [2.05, 4.69) is 10.3 Å². The van der Waals surface area contributed by atoms with Crippen molar-refractivity contribution in [3.8, 4) is 5.75 Å². The fourth-order valence-electron chi connectivity index (χ4n) is 2.48. The van der Waals surface area contributed by atoms with Crippen LogP contribution >= 0.6 is 0 Å². The van der Waals surface area contributed by atoms with Gasteiger partial charge in [0.05, 0.1) is 30.9 Å². The molecule has 23 heavy (non-hydrogen) atoms. The predicted molar refractivity (Wildman–Crippen MR) is 89.3 cm³/mol. The van der Waals surface area contributed by atoms with Crippen molar-refractivity contribution >= 4 is 16.9 Å².